The van der Waals surface area contributed by atoms with Gasteiger partial charge in [0.2, 0.25) is 5.91 Å². The number of fused-ring (bicyclic) bond motifs is 1. The van der Waals surface area contributed by atoms with E-state index in [1.807, 2.05) is 24.3 Å². The molecule has 2 aromatic carbocycles. The van der Waals surface area contributed by atoms with Gasteiger partial charge in [-0.25, -0.2) is 0 Å². The highest BCUT2D eigenvalue weighted by Crippen LogP contribution is 2.37. The van der Waals surface area contributed by atoms with Crippen molar-refractivity contribution in [3.8, 4) is 5.75 Å². The van der Waals surface area contributed by atoms with E-state index in [-0.39, 0.29) is 24.1 Å². The lowest BCUT2D eigenvalue weighted by molar-refractivity contribution is -0.129. The molecule has 3 rings (SSSR count). The van der Waals surface area contributed by atoms with E-state index in [0.29, 0.717) is 23.0 Å². The Hall–Kier alpha value is -3.28. The lowest BCUT2D eigenvalue weighted by Crippen LogP contribution is -2.43. The number of ether oxygens (including phenoxy) is 1. The zero-order valence-electron chi connectivity index (χ0n) is 16.6. The second kappa shape index (κ2) is 7.76. The Bertz CT molecular complexity index is 931. The molecule has 2 amide bonds. The van der Waals surface area contributed by atoms with Crippen molar-refractivity contribution in [1.82, 2.24) is 4.90 Å². The van der Waals surface area contributed by atoms with Crippen molar-refractivity contribution >= 4 is 29.3 Å². The lowest BCUT2D eigenvalue weighted by atomic mass is 10.0. The van der Waals surface area contributed by atoms with Crippen molar-refractivity contribution in [1.29, 1.82) is 0 Å². The molecule has 1 heterocycles. The number of rotatable bonds is 4. The van der Waals surface area contributed by atoms with Crippen LogP contribution in [0.15, 0.2) is 48.2 Å². The van der Waals surface area contributed by atoms with Crippen molar-refractivity contribution in [2.24, 2.45) is 0 Å². The first-order chi connectivity index (χ1) is 13.3. The highest BCUT2D eigenvalue weighted by Gasteiger charge is 2.32. The molecule has 0 saturated heterocycles. The molecule has 0 aliphatic carbocycles. The minimum atomic E-state index is -0.361. The molecule has 0 bridgehead atoms. The largest absolute Gasteiger partial charge is 0.449 e. The van der Waals surface area contributed by atoms with Gasteiger partial charge >= 0.3 is 0 Å². The number of benzene rings is 2. The molecule has 0 saturated carbocycles. The van der Waals surface area contributed by atoms with Gasteiger partial charge in [0, 0.05) is 25.8 Å². The van der Waals surface area contributed by atoms with Crippen LogP contribution in [-0.4, -0.2) is 37.4 Å². The summed E-state index contributed by atoms with van der Waals surface area (Å²) in [6.07, 6.45) is 1.69. The molecule has 2 aromatic rings. The molecule has 1 aliphatic rings. The smallest absolute Gasteiger partial charge is 0.294 e. The second-order valence-corrected chi connectivity index (χ2v) is 7.34. The third kappa shape index (κ3) is 4.01. The number of carbonyl (C=O) groups excluding carboxylic acids is 2. The van der Waals surface area contributed by atoms with Crippen molar-refractivity contribution < 1.29 is 14.3 Å². The number of nitrogen functional groups attached to an aromatic ring is 1. The van der Waals surface area contributed by atoms with Crippen LogP contribution in [0.5, 0.6) is 5.75 Å². The molecular formula is C22H25N3O3. The maximum Gasteiger partial charge on any atom is 0.294 e. The molecular weight excluding hydrogens is 354 g/mol. The summed E-state index contributed by atoms with van der Waals surface area (Å²) < 4.78 is 5.84. The fourth-order valence-electron chi connectivity index (χ4n) is 2.89. The van der Waals surface area contributed by atoms with E-state index >= 15 is 0 Å². The third-order valence-corrected chi connectivity index (χ3v) is 4.64. The summed E-state index contributed by atoms with van der Waals surface area (Å²) in [4.78, 5) is 28.2. The van der Waals surface area contributed by atoms with E-state index in [2.05, 4.69) is 13.8 Å². The first-order valence-corrected chi connectivity index (χ1v) is 9.17. The first-order valence-electron chi connectivity index (χ1n) is 9.17. The lowest BCUT2D eigenvalue weighted by Gasteiger charge is -2.31. The quantitative estimate of drug-likeness (QED) is 0.654. The monoisotopic (exact) mass is 379 g/mol. The highest BCUT2D eigenvalue weighted by atomic mass is 16.5. The molecule has 2 N–H and O–H groups in total. The number of anilines is 2. The van der Waals surface area contributed by atoms with Gasteiger partial charge in [0.25, 0.3) is 5.91 Å². The summed E-state index contributed by atoms with van der Waals surface area (Å²) in [5.74, 6) is 0.494. The molecule has 28 heavy (non-hydrogen) atoms. The highest BCUT2D eigenvalue weighted by molar-refractivity contribution is 6.12. The second-order valence-electron chi connectivity index (χ2n) is 7.34. The molecule has 0 fully saturated rings. The van der Waals surface area contributed by atoms with Crippen molar-refractivity contribution in [2.45, 2.75) is 19.8 Å². The Morgan fingerprint density at radius 3 is 2.46 bits per heavy atom. The average Bonchev–Trinajstić information content (AvgIpc) is 2.65. The molecule has 0 spiro atoms. The molecule has 0 radical (unpaired) electrons. The SMILES string of the molecule is CC(C)c1ccc(/C=C2/Oc3cc(N)ccc3N(CC(=O)N(C)C)C2=O)cc1. The van der Waals surface area contributed by atoms with Crippen molar-refractivity contribution in [2.75, 3.05) is 31.3 Å². The van der Waals surface area contributed by atoms with Crippen LogP contribution in [0, 0.1) is 0 Å². The summed E-state index contributed by atoms with van der Waals surface area (Å²) in [5.41, 5.74) is 8.99. The number of nitrogens with zero attached hydrogens (tertiary/aromatic N) is 2. The molecule has 0 atom stereocenters. The predicted molar refractivity (Wildman–Crippen MR) is 111 cm³/mol. The van der Waals surface area contributed by atoms with Gasteiger partial charge in [-0.3, -0.25) is 14.5 Å². The maximum atomic E-state index is 13.0. The molecule has 6 nitrogen and oxygen atoms in total. The summed E-state index contributed by atoms with van der Waals surface area (Å²) in [5, 5.41) is 0. The molecule has 1 aliphatic heterocycles. The van der Waals surface area contributed by atoms with Crippen LogP contribution >= 0.6 is 0 Å². The van der Waals surface area contributed by atoms with E-state index in [9.17, 15) is 9.59 Å². The van der Waals surface area contributed by atoms with Crippen LogP contribution in [0.3, 0.4) is 0 Å². The minimum Gasteiger partial charge on any atom is -0.449 e. The fourth-order valence-corrected chi connectivity index (χ4v) is 2.89. The van der Waals surface area contributed by atoms with Gasteiger partial charge in [-0.05, 0) is 35.3 Å². The summed E-state index contributed by atoms with van der Waals surface area (Å²) >= 11 is 0. The van der Waals surface area contributed by atoms with E-state index in [4.69, 9.17) is 10.5 Å². The Balaban J connectivity index is 1.98. The van der Waals surface area contributed by atoms with Gasteiger partial charge in [-0.1, -0.05) is 38.1 Å². The van der Waals surface area contributed by atoms with Gasteiger partial charge < -0.3 is 15.4 Å². The molecule has 6 heteroatoms. The van der Waals surface area contributed by atoms with Crippen LogP contribution in [0.1, 0.15) is 30.9 Å². The van der Waals surface area contributed by atoms with Crippen LogP contribution < -0.4 is 15.4 Å². The van der Waals surface area contributed by atoms with E-state index in [1.165, 1.54) is 15.4 Å². The zero-order valence-corrected chi connectivity index (χ0v) is 16.6. The van der Waals surface area contributed by atoms with Crippen LogP contribution in [0.25, 0.3) is 6.08 Å². The third-order valence-electron chi connectivity index (χ3n) is 4.64. The van der Waals surface area contributed by atoms with Gasteiger partial charge in [0.15, 0.2) is 11.5 Å². The first kappa shape index (κ1) is 19.5. The minimum absolute atomic E-state index is 0.0737. The van der Waals surface area contributed by atoms with Crippen molar-refractivity contribution in [3.63, 3.8) is 0 Å². The number of amides is 2. The predicted octanol–water partition coefficient (Wildman–Crippen LogP) is 3.25. The van der Waals surface area contributed by atoms with E-state index in [0.717, 1.165) is 5.56 Å². The Morgan fingerprint density at radius 1 is 1.18 bits per heavy atom. The Morgan fingerprint density at radius 2 is 1.86 bits per heavy atom. The average molecular weight is 379 g/mol. The normalized spacial score (nSPS) is 14.8. The Kier molecular flexibility index (Phi) is 5.40. The fraction of sp³-hybridized carbons (Fsp3) is 0.273. The van der Waals surface area contributed by atoms with Gasteiger partial charge in [-0.2, -0.15) is 0 Å². The van der Waals surface area contributed by atoms with Crippen molar-refractivity contribution in [3.05, 3.63) is 59.4 Å². The van der Waals surface area contributed by atoms with Crippen LogP contribution in [0.2, 0.25) is 0 Å². The standard InChI is InChI=1S/C22H25N3O3/c1-14(2)16-7-5-15(6-8-16)11-20-22(27)25(13-21(26)24(3)4)18-10-9-17(23)12-19(18)28-20/h5-12,14H,13,23H2,1-4H3/b20-11+. The van der Waals surface area contributed by atoms with Gasteiger partial charge in [-0.15, -0.1) is 0 Å². The molecule has 146 valence electrons. The summed E-state index contributed by atoms with van der Waals surface area (Å²) in [6, 6.07) is 13.0. The summed E-state index contributed by atoms with van der Waals surface area (Å²) in [6.45, 7) is 4.18. The summed E-state index contributed by atoms with van der Waals surface area (Å²) in [7, 11) is 3.31. The number of hydrogen-bond acceptors (Lipinski definition) is 4. The maximum absolute atomic E-state index is 13.0. The Labute approximate surface area is 165 Å². The number of carbonyl (C=O) groups is 2. The van der Waals surface area contributed by atoms with Gasteiger partial charge in [0.05, 0.1) is 5.69 Å². The molecule has 0 unspecified atom stereocenters. The topological polar surface area (TPSA) is 75.9 Å². The number of nitrogens with two attached hydrogens (primary N) is 1. The van der Waals surface area contributed by atoms with Gasteiger partial charge in [0.1, 0.15) is 6.54 Å². The van der Waals surface area contributed by atoms with Crippen LogP contribution in [0.4, 0.5) is 11.4 Å². The van der Waals surface area contributed by atoms with Crippen LogP contribution in [-0.2, 0) is 9.59 Å². The number of hydrogen-bond donors (Lipinski definition) is 1. The molecule has 0 aromatic heterocycles. The van der Waals surface area contributed by atoms with E-state index in [1.54, 1.807) is 38.4 Å². The zero-order chi connectivity index (χ0) is 20.4. The van der Waals surface area contributed by atoms with E-state index < -0.39 is 0 Å². The number of likely N-dealkylation sites (N-methyl/N-ethyl adjacent to an activating group) is 1.